The zero-order valence-corrected chi connectivity index (χ0v) is 3.97. The van der Waals surface area contributed by atoms with Crippen molar-refractivity contribution < 1.29 is 10.0 Å². The molecule has 1 aliphatic rings. The summed E-state index contributed by atoms with van der Waals surface area (Å²) in [4.78, 5) is 0. The summed E-state index contributed by atoms with van der Waals surface area (Å²) in [6.45, 7) is -1.49. The maximum Gasteiger partial charge on any atom is 0.276 e. The van der Waals surface area contributed by atoms with E-state index in [1.807, 2.05) is 0 Å². The van der Waals surface area contributed by atoms with E-state index >= 15 is 0 Å². The zero-order valence-electron chi connectivity index (χ0n) is 3.97. The molecule has 0 saturated carbocycles. The third kappa shape index (κ3) is 0.667. The van der Waals surface area contributed by atoms with Crippen LogP contribution in [0, 0.1) is 23.7 Å². The number of rotatable bonds is 0. The molecule has 38 valence electrons. The molecule has 0 fully saturated rings. The van der Waals surface area contributed by atoms with Gasteiger partial charge in [0.15, 0.2) is 0 Å². The van der Waals surface area contributed by atoms with Gasteiger partial charge in [-0.3, -0.25) is 0 Å². The summed E-state index contributed by atoms with van der Waals surface area (Å²) in [6.07, 6.45) is 0. The molecule has 2 N–H and O–H groups in total. The first-order chi connectivity index (χ1) is 3.80. The van der Waals surface area contributed by atoms with Crippen molar-refractivity contribution in [2.75, 3.05) is 0 Å². The van der Waals surface area contributed by atoms with Crippen LogP contribution in [0.4, 0.5) is 0 Å². The van der Waals surface area contributed by atoms with E-state index in [9.17, 15) is 0 Å². The second-order valence-corrected chi connectivity index (χ2v) is 1.29. The normalized spacial score (nSPS) is 11.2. The van der Waals surface area contributed by atoms with Crippen molar-refractivity contribution in [1.82, 2.24) is 0 Å². The van der Waals surface area contributed by atoms with Crippen molar-refractivity contribution in [3.63, 3.8) is 0 Å². The third-order valence-electron chi connectivity index (χ3n) is 0.715. The largest absolute Gasteiger partial charge is 0.735 e. The van der Waals surface area contributed by atoms with Crippen LogP contribution in [0.5, 0.6) is 0 Å². The molecule has 1 aliphatic carbocycles. The molecular weight excluding hydrogens is 103 g/mol. The van der Waals surface area contributed by atoms with E-state index in [2.05, 4.69) is 23.7 Å². The van der Waals surface area contributed by atoms with Gasteiger partial charge in [0.1, 0.15) is 0 Å². The molecule has 0 aromatic rings. The van der Waals surface area contributed by atoms with E-state index in [0.29, 0.717) is 0 Å². The maximum absolute atomic E-state index is 8.37. The average Bonchev–Trinajstić information content (AvgIpc) is 2.12. The highest BCUT2D eigenvalue weighted by Crippen LogP contribution is 1.74. The predicted octanol–water partition coefficient (Wildman–Crippen LogP) is -1.77. The minimum atomic E-state index is -1.49. The quantitative estimate of drug-likeness (QED) is 0.283. The fourth-order valence-corrected chi connectivity index (χ4v) is 0.358. The summed E-state index contributed by atoms with van der Waals surface area (Å²) in [7, 11) is 0. The summed E-state index contributed by atoms with van der Waals surface area (Å²) in [5, 5.41) is 16.7. The van der Waals surface area contributed by atoms with Gasteiger partial charge in [-0.25, -0.2) is 0 Å². The molecule has 0 aromatic heterocycles. The van der Waals surface area contributed by atoms with Crippen molar-refractivity contribution in [3.8, 4) is 23.7 Å². The monoisotopic (exact) mass is 105 g/mol. The van der Waals surface area contributed by atoms with Crippen molar-refractivity contribution >= 4 is 12.2 Å². The molecule has 8 heavy (non-hydrogen) atoms. The molecule has 0 spiro atoms. The molecular formula is C5H2BO2-. The Labute approximate surface area is 47.0 Å². The Morgan fingerprint density at radius 2 is 1.62 bits per heavy atom. The van der Waals surface area contributed by atoms with Crippen LogP contribution >= 0.6 is 0 Å². The molecule has 0 heterocycles. The lowest BCUT2D eigenvalue weighted by Gasteiger charge is -1.97. The van der Waals surface area contributed by atoms with Gasteiger partial charge in [-0.05, 0) is 17.3 Å². The third-order valence-corrected chi connectivity index (χ3v) is 0.715. The Morgan fingerprint density at radius 1 is 1.12 bits per heavy atom. The molecule has 0 aliphatic heterocycles. The van der Waals surface area contributed by atoms with Crippen LogP contribution in [0.2, 0.25) is 0 Å². The molecule has 0 atom stereocenters. The Bertz CT molecular complexity index is 230. The summed E-state index contributed by atoms with van der Waals surface area (Å²) in [5.74, 6) is 9.57. The van der Waals surface area contributed by atoms with Crippen molar-refractivity contribution in [3.05, 3.63) is 0 Å². The summed E-state index contributed by atoms with van der Waals surface area (Å²) < 4.78 is 0. The van der Waals surface area contributed by atoms with E-state index in [1.54, 1.807) is 0 Å². The van der Waals surface area contributed by atoms with E-state index in [-0.39, 0.29) is 5.46 Å². The maximum atomic E-state index is 8.37. The van der Waals surface area contributed by atoms with Crippen molar-refractivity contribution in [2.45, 2.75) is 0 Å². The minimum Gasteiger partial charge on any atom is -0.735 e. The molecule has 1 rings (SSSR count). The van der Waals surface area contributed by atoms with Gasteiger partial charge >= 0.3 is 0 Å². The zero-order chi connectivity index (χ0) is 5.98. The first kappa shape index (κ1) is 4.81. The second kappa shape index (κ2) is 1.64. The molecule has 0 amide bonds. The van der Waals surface area contributed by atoms with Gasteiger partial charge in [0.25, 0.3) is 6.76 Å². The predicted molar refractivity (Wildman–Crippen MR) is 30.8 cm³/mol. The van der Waals surface area contributed by atoms with Gasteiger partial charge in [-0.1, -0.05) is 11.8 Å². The molecule has 0 saturated heterocycles. The molecule has 3 heteroatoms. The van der Waals surface area contributed by atoms with E-state index in [1.165, 1.54) is 0 Å². The minimum absolute atomic E-state index is 0.185. The van der Waals surface area contributed by atoms with Crippen LogP contribution in [0.1, 0.15) is 0 Å². The number of hydrogen-bond acceptors (Lipinski definition) is 2. The van der Waals surface area contributed by atoms with Gasteiger partial charge < -0.3 is 10.0 Å². The highest BCUT2D eigenvalue weighted by molar-refractivity contribution is 6.66. The average molecular weight is 105 g/mol. The summed E-state index contributed by atoms with van der Waals surface area (Å²) in [5.41, 5.74) is 0.185. The topological polar surface area (TPSA) is 40.5 Å². The first-order valence-corrected chi connectivity index (χ1v) is 2.06. The highest BCUT2D eigenvalue weighted by Gasteiger charge is 1.86. The van der Waals surface area contributed by atoms with E-state index in [0.717, 1.165) is 0 Å². The molecule has 0 aromatic carbocycles. The van der Waals surface area contributed by atoms with Crippen LogP contribution in [-0.2, 0) is 0 Å². The van der Waals surface area contributed by atoms with E-state index in [4.69, 9.17) is 10.0 Å². The van der Waals surface area contributed by atoms with Gasteiger partial charge in [-0.15, -0.1) is 0 Å². The second-order valence-electron chi connectivity index (χ2n) is 1.29. The Kier molecular flexibility index (Phi) is 0.983. The fourth-order valence-electron chi connectivity index (χ4n) is 0.358. The van der Waals surface area contributed by atoms with Gasteiger partial charge in [0.2, 0.25) is 0 Å². The van der Waals surface area contributed by atoms with Crippen LogP contribution in [-0.4, -0.2) is 22.3 Å². The van der Waals surface area contributed by atoms with Crippen LogP contribution in [0.15, 0.2) is 0 Å². The van der Waals surface area contributed by atoms with Crippen LogP contribution in [0.25, 0.3) is 0 Å². The lowest BCUT2D eigenvalue weighted by molar-refractivity contribution is 0.439. The standard InChI is InChI=1S/C5H2BO2/c7-6(8)5-3-1-2-4-5/h7-8H/q-1. The van der Waals surface area contributed by atoms with Crippen LogP contribution in [0.3, 0.4) is 0 Å². The number of hydrogen-bond donors (Lipinski definition) is 2. The lowest BCUT2D eigenvalue weighted by atomic mass is 9.98. The summed E-state index contributed by atoms with van der Waals surface area (Å²) in [6, 6.07) is 0. The molecule has 0 unspecified atom stereocenters. The first-order valence-electron chi connectivity index (χ1n) is 2.06. The molecule has 0 bridgehead atoms. The van der Waals surface area contributed by atoms with Crippen molar-refractivity contribution in [1.29, 1.82) is 0 Å². The Balaban J connectivity index is 3.06. The van der Waals surface area contributed by atoms with Gasteiger partial charge in [-0.2, -0.15) is 0 Å². The molecule has 0 radical (unpaired) electrons. The SMILES string of the molecule is O[B-](O)=C1C#CC#C1. The Hall–Kier alpha value is -1.35. The fraction of sp³-hybridized carbons (Fsp3) is 0. The van der Waals surface area contributed by atoms with Crippen LogP contribution < -0.4 is 0 Å². The summed E-state index contributed by atoms with van der Waals surface area (Å²) >= 11 is 0. The lowest BCUT2D eigenvalue weighted by Crippen LogP contribution is -2.10. The van der Waals surface area contributed by atoms with Crippen molar-refractivity contribution in [2.24, 2.45) is 0 Å². The van der Waals surface area contributed by atoms with Gasteiger partial charge in [0.05, 0.1) is 0 Å². The highest BCUT2D eigenvalue weighted by atomic mass is 16.4. The smallest absolute Gasteiger partial charge is 0.276 e. The van der Waals surface area contributed by atoms with E-state index < -0.39 is 6.76 Å². The Morgan fingerprint density at radius 3 is 1.88 bits per heavy atom. The van der Waals surface area contributed by atoms with Gasteiger partial charge in [0, 0.05) is 0 Å². The molecule has 2 nitrogen and oxygen atoms in total.